The molecule has 0 aliphatic rings. The molecule has 1 heteroatoms. The standard InChI is InChI=1S/C12H15N/c1-4-11(8-13)12-6-5-9(2)10(3)7-12/h5-7,11H,4H2,1-3H3. The summed E-state index contributed by atoms with van der Waals surface area (Å²) in [6.07, 6.45) is 0.888. The molecule has 1 nitrogen and oxygen atoms in total. The Morgan fingerprint density at radius 1 is 1.31 bits per heavy atom. The number of hydrogen-bond acceptors (Lipinski definition) is 1. The van der Waals surface area contributed by atoms with Crippen molar-refractivity contribution in [1.29, 1.82) is 5.26 Å². The van der Waals surface area contributed by atoms with Gasteiger partial charge in [-0.3, -0.25) is 0 Å². The minimum absolute atomic E-state index is 0.0549. The molecule has 0 heterocycles. The van der Waals surface area contributed by atoms with Gasteiger partial charge in [-0.15, -0.1) is 0 Å². The third-order valence-corrected chi connectivity index (χ3v) is 2.50. The van der Waals surface area contributed by atoms with Gasteiger partial charge in [-0.25, -0.2) is 0 Å². The lowest BCUT2D eigenvalue weighted by Crippen LogP contribution is -1.94. The second kappa shape index (κ2) is 4.09. The van der Waals surface area contributed by atoms with Crippen molar-refractivity contribution in [3.8, 4) is 6.07 Å². The van der Waals surface area contributed by atoms with E-state index in [0.717, 1.165) is 12.0 Å². The molecule has 68 valence electrons. The van der Waals surface area contributed by atoms with E-state index in [0.29, 0.717) is 0 Å². The third-order valence-electron chi connectivity index (χ3n) is 2.50. The number of nitrogens with zero attached hydrogens (tertiary/aromatic N) is 1. The molecular weight excluding hydrogens is 158 g/mol. The molecule has 0 spiro atoms. The molecule has 1 aromatic carbocycles. The van der Waals surface area contributed by atoms with Crippen molar-refractivity contribution in [2.45, 2.75) is 33.1 Å². The van der Waals surface area contributed by atoms with Crippen LogP contribution < -0.4 is 0 Å². The molecular formula is C12H15N. The van der Waals surface area contributed by atoms with E-state index in [1.165, 1.54) is 11.1 Å². The number of benzene rings is 1. The van der Waals surface area contributed by atoms with Crippen LogP contribution in [-0.4, -0.2) is 0 Å². The zero-order chi connectivity index (χ0) is 9.84. The number of hydrogen-bond donors (Lipinski definition) is 0. The maximum absolute atomic E-state index is 8.89. The molecule has 1 rings (SSSR count). The van der Waals surface area contributed by atoms with Crippen LogP contribution in [0.4, 0.5) is 0 Å². The van der Waals surface area contributed by atoms with Crippen molar-refractivity contribution in [3.63, 3.8) is 0 Å². The van der Waals surface area contributed by atoms with E-state index in [9.17, 15) is 0 Å². The average Bonchev–Trinajstić information content (AvgIpc) is 2.13. The average molecular weight is 173 g/mol. The first-order valence-electron chi connectivity index (χ1n) is 4.65. The summed E-state index contributed by atoms with van der Waals surface area (Å²) in [5, 5.41) is 8.89. The molecule has 1 aromatic rings. The van der Waals surface area contributed by atoms with Gasteiger partial charge in [0.05, 0.1) is 12.0 Å². The third kappa shape index (κ3) is 2.09. The Hall–Kier alpha value is -1.29. The van der Waals surface area contributed by atoms with Crippen molar-refractivity contribution < 1.29 is 0 Å². The fourth-order valence-corrected chi connectivity index (χ4v) is 1.38. The molecule has 1 atom stereocenters. The summed E-state index contributed by atoms with van der Waals surface area (Å²) >= 11 is 0. The van der Waals surface area contributed by atoms with Crippen LogP contribution in [0, 0.1) is 25.2 Å². The molecule has 13 heavy (non-hydrogen) atoms. The summed E-state index contributed by atoms with van der Waals surface area (Å²) in [5.74, 6) is 0.0549. The van der Waals surface area contributed by atoms with E-state index < -0.39 is 0 Å². The predicted molar refractivity (Wildman–Crippen MR) is 54.6 cm³/mol. The number of aryl methyl sites for hydroxylation is 2. The molecule has 0 aliphatic carbocycles. The lowest BCUT2D eigenvalue weighted by Gasteiger charge is -2.08. The monoisotopic (exact) mass is 173 g/mol. The van der Waals surface area contributed by atoms with Gasteiger partial charge in [-0.05, 0) is 37.0 Å². The molecule has 0 aliphatic heterocycles. The zero-order valence-corrected chi connectivity index (χ0v) is 8.46. The molecule has 1 unspecified atom stereocenters. The summed E-state index contributed by atoms with van der Waals surface area (Å²) in [4.78, 5) is 0. The van der Waals surface area contributed by atoms with Crippen LogP contribution >= 0.6 is 0 Å². The first-order chi connectivity index (χ1) is 6.19. The van der Waals surface area contributed by atoms with E-state index in [4.69, 9.17) is 5.26 Å². The highest BCUT2D eigenvalue weighted by Gasteiger charge is 2.07. The Bertz CT molecular complexity index is 333. The van der Waals surface area contributed by atoms with Crippen molar-refractivity contribution in [3.05, 3.63) is 34.9 Å². The van der Waals surface area contributed by atoms with Gasteiger partial charge in [0.2, 0.25) is 0 Å². The maximum atomic E-state index is 8.89. The van der Waals surface area contributed by atoms with Crippen LogP contribution in [0.1, 0.15) is 36.0 Å². The summed E-state index contributed by atoms with van der Waals surface area (Å²) in [5.41, 5.74) is 3.70. The van der Waals surface area contributed by atoms with E-state index in [-0.39, 0.29) is 5.92 Å². The number of nitriles is 1. The highest BCUT2D eigenvalue weighted by atomic mass is 14.3. The molecule has 0 saturated carbocycles. The normalized spacial score (nSPS) is 12.2. The summed E-state index contributed by atoms with van der Waals surface area (Å²) in [6.45, 7) is 6.22. The van der Waals surface area contributed by atoms with Gasteiger partial charge in [-0.1, -0.05) is 25.1 Å². The van der Waals surface area contributed by atoms with E-state index in [1.807, 2.05) is 6.92 Å². The van der Waals surface area contributed by atoms with E-state index in [2.05, 4.69) is 38.1 Å². The summed E-state index contributed by atoms with van der Waals surface area (Å²) < 4.78 is 0. The highest BCUT2D eigenvalue weighted by molar-refractivity contribution is 5.34. The molecule has 0 radical (unpaired) electrons. The largest absolute Gasteiger partial charge is 0.198 e. The van der Waals surface area contributed by atoms with Crippen molar-refractivity contribution >= 4 is 0 Å². The fourth-order valence-electron chi connectivity index (χ4n) is 1.38. The lowest BCUT2D eigenvalue weighted by molar-refractivity contribution is 0.816. The molecule has 0 bridgehead atoms. The Morgan fingerprint density at radius 2 is 2.00 bits per heavy atom. The van der Waals surface area contributed by atoms with Crippen LogP contribution in [0.2, 0.25) is 0 Å². The Morgan fingerprint density at radius 3 is 2.46 bits per heavy atom. The van der Waals surface area contributed by atoms with Gasteiger partial charge in [-0.2, -0.15) is 5.26 Å². The number of rotatable bonds is 2. The minimum Gasteiger partial charge on any atom is -0.198 e. The van der Waals surface area contributed by atoms with Gasteiger partial charge in [0.15, 0.2) is 0 Å². The topological polar surface area (TPSA) is 23.8 Å². The van der Waals surface area contributed by atoms with Crippen LogP contribution in [0.25, 0.3) is 0 Å². The Kier molecular flexibility index (Phi) is 3.08. The van der Waals surface area contributed by atoms with Crippen molar-refractivity contribution in [2.24, 2.45) is 0 Å². The van der Waals surface area contributed by atoms with Gasteiger partial charge >= 0.3 is 0 Å². The van der Waals surface area contributed by atoms with Gasteiger partial charge in [0.25, 0.3) is 0 Å². The Balaban J connectivity index is 3.04. The fraction of sp³-hybridized carbons (Fsp3) is 0.417. The zero-order valence-electron chi connectivity index (χ0n) is 8.46. The first kappa shape index (κ1) is 9.80. The van der Waals surface area contributed by atoms with Crippen LogP contribution in [-0.2, 0) is 0 Å². The summed E-state index contributed by atoms with van der Waals surface area (Å²) in [6, 6.07) is 8.58. The van der Waals surface area contributed by atoms with Crippen molar-refractivity contribution in [2.75, 3.05) is 0 Å². The van der Waals surface area contributed by atoms with E-state index in [1.54, 1.807) is 0 Å². The van der Waals surface area contributed by atoms with Crippen LogP contribution in [0.3, 0.4) is 0 Å². The van der Waals surface area contributed by atoms with Gasteiger partial charge in [0.1, 0.15) is 0 Å². The summed E-state index contributed by atoms with van der Waals surface area (Å²) in [7, 11) is 0. The second-order valence-corrected chi connectivity index (χ2v) is 3.43. The van der Waals surface area contributed by atoms with Crippen LogP contribution in [0.15, 0.2) is 18.2 Å². The first-order valence-corrected chi connectivity index (χ1v) is 4.65. The minimum atomic E-state index is 0.0549. The molecule has 0 saturated heterocycles. The smallest absolute Gasteiger partial charge is 0.0710 e. The predicted octanol–water partition coefficient (Wildman–Crippen LogP) is 3.32. The molecule has 0 fully saturated rings. The van der Waals surface area contributed by atoms with Gasteiger partial charge in [0, 0.05) is 0 Å². The lowest BCUT2D eigenvalue weighted by atomic mass is 9.95. The molecule has 0 aromatic heterocycles. The molecule has 0 amide bonds. The van der Waals surface area contributed by atoms with Crippen molar-refractivity contribution in [1.82, 2.24) is 0 Å². The van der Waals surface area contributed by atoms with Crippen LogP contribution in [0.5, 0.6) is 0 Å². The second-order valence-electron chi connectivity index (χ2n) is 3.43. The maximum Gasteiger partial charge on any atom is 0.0710 e. The quantitative estimate of drug-likeness (QED) is 0.673. The van der Waals surface area contributed by atoms with Gasteiger partial charge < -0.3 is 0 Å². The van der Waals surface area contributed by atoms with E-state index >= 15 is 0 Å². The highest BCUT2D eigenvalue weighted by Crippen LogP contribution is 2.20. The molecule has 0 N–H and O–H groups in total. The Labute approximate surface area is 80.0 Å². The SMILES string of the molecule is CCC(C#N)c1ccc(C)c(C)c1.